The Morgan fingerprint density at radius 2 is 1.72 bits per heavy atom. The van der Waals surface area contributed by atoms with Crippen LogP contribution in [0.1, 0.15) is 49.2 Å². The lowest BCUT2D eigenvalue weighted by molar-refractivity contribution is -0.113. The van der Waals surface area contributed by atoms with Gasteiger partial charge in [0.15, 0.2) is 5.78 Å². The number of rotatable bonds is 18. The quantitative estimate of drug-likeness (QED) is 0.0808. The molecule has 0 unspecified atom stereocenters. The summed E-state index contributed by atoms with van der Waals surface area (Å²) in [5.74, 6) is 0.807. The number of aromatic nitrogens is 2. The van der Waals surface area contributed by atoms with E-state index in [9.17, 15) is 17.8 Å². The Kier molecular flexibility index (Phi) is 13.2. The molecule has 4 aromatic rings. The maximum atomic E-state index is 13.1. The summed E-state index contributed by atoms with van der Waals surface area (Å²) in [6.07, 6.45) is 6.80. The molecule has 4 rings (SSSR count). The lowest BCUT2D eigenvalue weighted by Crippen LogP contribution is -2.07. The summed E-state index contributed by atoms with van der Waals surface area (Å²) in [6.45, 7) is 5.45. The number of ether oxygens (including phenoxy) is 3. The lowest BCUT2D eigenvalue weighted by atomic mass is 10.0. The van der Waals surface area contributed by atoms with E-state index < -0.39 is 17.4 Å². The van der Waals surface area contributed by atoms with Crippen molar-refractivity contribution >= 4 is 22.7 Å². The first-order valence-electron chi connectivity index (χ1n) is 15.4. The maximum Gasteiger partial charge on any atom is 0.387 e. The van der Waals surface area contributed by atoms with Gasteiger partial charge in [-0.15, -0.1) is 0 Å². The van der Waals surface area contributed by atoms with Crippen molar-refractivity contribution in [1.82, 2.24) is 9.55 Å². The molecule has 46 heavy (non-hydrogen) atoms. The molecule has 0 saturated heterocycles. The van der Waals surface area contributed by atoms with Gasteiger partial charge in [-0.1, -0.05) is 43.7 Å². The number of allylic oxidation sites excluding steroid dienone is 1. The van der Waals surface area contributed by atoms with Gasteiger partial charge in [-0.25, -0.2) is 4.98 Å². The fraction of sp³-hybridized carbons (Fsp3) is 0.333. The van der Waals surface area contributed by atoms with Gasteiger partial charge in [-0.3, -0.25) is 9.00 Å². The Morgan fingerprint density at radius 1 is 0.978 bits per heavy atom. The molecule has 0 aliphatic carbocycles. The number of carbonyl (C=O) groups excluding carboxylic acids is 1. The number of carbonyl (C=O) groups is 1. The Labute approximate surface area is 271 Å². The first kappa shape index (κ1) is 34.7. The highest BCUT2D eigenvalue weighted by Crippen LogP contribution is 2.30. The minimum absolute atomic E-state index is 0.0303. The maximum absolute atomic E-state index is 13.1. The number of benzene rings is 3. The van der Waals surface area contributed by atoms with Gasteiger partial charge in [0.05, 0.1) is 40.9 Å². The van der Waals surface area contributed by atoms with Crippen LogP contribution in [0.4, 0.5) is 8.78 Å². The molecule has 0 spiro atoms. The number of halogens is 2. The van der Waals surface area contributed by atoms with Crippen LogP contribution in [-0.4, -0.2) is 46.0 Å². The molecule has 0 N–H and O–H groups in total. The zero-order valence-electron chi connectivity index (χ0n) is 26.4. The van der Waals surface area contributed by atoms with E-state index in [1.807, 2.05) is 42.7 Å². The minimum atomic E-state index is -3.01. The molecule has 3 aromatic carbocycles. The zero-order chi connectivity index (χ0) is 32.9. The molecular formula is C36H40F2N2O5S. The van der Waals surface area contributed by atoms with Crippen LogP contribution in [0.25, 0.3) is 17.2 Å². The summed E-state index contributed by atoms with van der Waals surface area (Å²) in [6, 6.07) is 19.4. The molecule has 0 aliphatic rings. The summed E-state index contributed by atoms with van der Waals surface area (Å²) in [5, 5.41) is 0. The van der Waals surface area contributed by atoms with Gasteiger partial charge < -0.3 is 18.8 Å². The predicted octanol–water partition coefficient (Wildman–Crippen LogP) is 7.81. The third kappa shape index (κ3) is 10.2. The van der Waals surface area contributed by atoms with E-state index in [1.165, 1.54) is 18.2 Å². The average Bonchev–Trinajstić information content (AvgIpc) is 3.41. The zero-order valence-corrected chi connectivity index (χ0v) is 27.2. The van der Waals surface area contributed by atoms with Crippen LogP contribution in [0.2, 0.25) is 0 Å². The van der Waals surface area contributed by atoms with E-state index in [-0.39, 0.29) is 18.0 Å². The molecule has 10 heteroatoms. The number of aryl methyl sites for hydroxylation is 2. The Bertz CT molecular complexity index is 1620. The number of nitrogens with zero attached hydrogens (tertiary/aromatic N) is 2. The van der Waals surface area contributed by atoms with Crippen molar-refractivity contribution in [1.29, 1.82) is 0 Å². The first-order valence-corrected chi connectivity index (χ1v) is 16.7. The molecule has 244 valence electrons. The van der Waals surface area contributed by atoms with Crippen LogP contribution >= 0.6 is 0 Å². The van der Waals surface area contributed by atoms with E-state index in [1.54, 1.807) is 42.7 Å². The van der Waals surface area contributed by atoms with E-state index in [2.05, 4.69) is 11.9 Å². The fourth-order valence-electron chi connectivity index (χ4n) is 4.75. The van der Waals surface area contributed by atoms with Crippen LogP contribution < -0.4 is 9.47 Å². The molecule has 0 radical (unpaired) electrons. The van der Waals surface area contributed by atoms with Crippen LogP contribution in [0.5, 0.6) is 11.5 Å². The number of hydrogen-bond donors (Lipinski definition) is 0. The minimum Gasteiger partial charge on any atom is -0.491 e. The highest BCUT2D eigenvalue weighted by atomic mass is 32.2. The van der Waals surface area contributed by atoms with Crippen LogP contribution in [0.3, 0.4) is 0 Å². The smallest absolute Gasteiger partial charge is 0.387 e. The highest BCUT2D eigenvalue weighted by Gasteiger charge is 2.14. The summed E-state index contributed by atoms with van der Waals surface area (Å²) >= 11 is 0. The van der Waals surface area contributed by atoms with Crippen LogP contribution in [-0.2, 0) is 39.0 Å². The predicted molar refractivity (Wildman–Crippen MR) is 177 cm³/mol. The molecule has 0 amide bonds. The van der Waals surface area contributed by atoms with Crippen molar-refractivity contribution < 1.29 is 32.0 Å². The Morgan fingerprint density at radius 3 is 2.41 bits per heavy atom. The van der Waals surface area contributed by atoms with Crippen LogP contribution in [0.15, 0.2) is 84.0 Å². The van der Waals surface area contributed by atoms with Gasteiger partial charge in [0.1, 0.15) is 18.1 Å². The third-order valence-corrected chi connectivity index (χ3v) is 8.66. The molecule has 0 bridgehead atoms. The second-order valence-electron chi connectivity index (χ2n) is 10.6. The molecule has 1 aromatic heterocycles. The second kappa shape index (κ2) is 17.5. The summed E-state index contributed by atoms with van der Waals surface area (Å²) in [7, 11) is -1.26. The van der Waals surface area contributed by atoms with E-state index >= 15 is 0 Å². The molecule has 0 fully saturated rings. The van der Waals surface area contributed by atoms with Gasteiger partial charge in [-0.05, 0) is 85.5 Å². The van der Waals surface area contributed by atoms with Crippen molar-refractivity contribution in [3.05, 3.63) is 102 Å². The summed E-state index contributed by atoms with van der Waals surface area (Å²) in [4.78, 5) is 17.8. The van der Waals surface area contributed by atoms with Gasteiger partial charge >= 0.3 is 6.61 Å². The van der Waals surface area contributed by atoms with Gasteiger partial charge in [0.2, 0.25) is 0 Å². The first-order chi connectivity index (χ1) is 22.3. The van der Waals surface area contributed by atoms with E-state index in [0.717, 1.165) is 54.1 Å². The van der Waals surface area contributed by atoms with Crippen molar-refractivity contribution in [3.8, 4) is 22.6 Å². The van der Waals surface area contributed by atoms with Gasteiger partial charge in [-0.2, -0.15) is 8.78 Å². The van der Waals surface area contributed by atoms with Crippen molar-refractivity contribution in [2.75, 3.05) is 19.8 Å². The third-order valence-electron chi connectivity index (χ3n) is 7.33. The monoisotopic (exact) mass is 650 g/mol. The normalized spacial score (nSPS) is 12.1. The van der Waals surface area contributed by atoms with Crippen molar-refractivity contribution in [3.63, 3.8) is 0 Å². The second-order valence-corrected chi connectivity index (χ2v) is 12.1. The number of imidazole rings is 1. The standard InChI is InChI=1S/C36H40F2N2O5S/c1-4-6-19-43-20-21-44-32-14-10-28(11-15-32)29-12-18-35(45-36(37)38)30(23-29)9-13-31(41)22-27-7-16-33(17-8-27)46(42)24-34-26(3)39-25-40(34)5-2/h7-18,23,25,36H,4-6,19-22,24H2,1-3H3/b13-9+/t46-/m0/s1. The Hall–Kier alpha value is -4.15. The van der Waals surface area contributed by atoms with Crippen molar-refractivity contribution in [2.45, 2.75) is 63.8 Å². The molecular weight excluding hydrogens is 610 g/mol. The SMILES string of the molecule is CCCCOCCOc1ccc(-c2ccc(OC(F)F)c(/C=C/C(=O)Cc3ccc([S@@](=O)Cc4c(C)ncn4CC)cc3)c2)cc1. The summed E-state index contributed by atoms with van der Waals surface area (Å²) in [5.41, 5.74) is 4.52. The number of alkyl halides is 2. The number of hydrogen-bond acceptors (Lipinski definition) is 6. The molecule has 1 atom stereocenters. The average molecular weight is 651 g/mol. The summed E-state index contributed by atoms with van der Waals surface area (Å²) < 4.78 is 57.2. The topological polar surface area (TPSA) is 79.7 Å². The largest absolute Gasteiger partial charge is 0.491 e. The van der Waals surface area contributed by atoms with E-state index in [0.29, 0.717) is 35.2 Å². The Balaban J connectivity index is 1.39. The number of unbranched alkanes of at least 4 members (excludes halogenated alkanes) is 1. The molecule has 7 nitrogen and oxygen atoms in total. The molecule has 0 saturated carbocycles. The van der Waals surface area contributed by atoms with Gasteiger partial charge in [0.25, 0.3) is 0 Å². The van der Waals surface area contributed by atoms with Crippen LogP contribution in [0, 0.1) is 6.92 Å². The molecule has 1 heterocycles. The van der Waals surface area contributed by atoms with E-state index in [4.69, 9.17) is 14.2 Å². The fourth-order valence-corrected chi connectivity index (χ4v) is 5.98. The van der Waals surface area contributed by atoms with Crippen molar-refractivity contribution in [2.24, 2.45) is 0 Å². The number of ketones is 1. The lowest BCUT2D eigenvalue weighted by Gasteiger charge is -2.11. The van der Waals surface area contributed by atoms with Gasteiger partial charge in [0, 0.05) is 30.0 Å². The molecule has 0 aliphatic heterocycles. The highest BCUT2D eigenvalue weighted by molar-refractivity contribution is 7.84.